The summed E-state index contributed by atoms with van der Waals surface area (Å²) < 4.78 is 3.18. The molecular weight excluding hydrogens is 416 g/mol. The Morgan fingerprint density at radius 3 is 2.55 bits per heavy atom. The molecule has 2 aromatic rings. The van der Waals surface area contributed by atoms with Crippen molar-refractivity contribution in [2.45, 2.75) is 25.9 Å². The average Bonchev–Trinajstić information content (AvgIpc) is 2.87. The molecule has 2 rings (SSSR count). The molecule has 0 saturated carbocycles. The molecule has 0 bridgehead atoms. The molecule has 22 heavy (non-hydrogen) atoms. The molecule has 0 aliphatic heterocycles. The quantitative estimate of drug-likeness (QED) is 0.761. The Kier molecular flexibility index (Phi) is 5.36. The van der Waals surface area contributed by atoms with Gasteiger partial charge in [0.2, 0.25) is 0 Å². The van der Waals surface area contributed by atoms with Crippen molar-refractivity contribution in [3.63, 3.8) is 0 Å². The Labute approximate surface area is 145 Å². The first kappa shape index (κ1) is 17.1. The molecule has 0 aliphatic rings. The van der Waals surface area contributed by atoms with Crippen LogP contribution in [0.4, 0.5) is 0 Å². The minimum atomic E-state index is -0.681. The number of hydrogen-bond acceptors (Lipinski definition) is 4. The van der Waals surface area contributed by atoms with Crippen LogP contribution in [0.25, 0.3) is 0 Å². The van der Waals surface area contributed by atoms with Crippen LogP contribution < -0.4 is 5.32 Å². The van der Waals surface area contributed by atoms with Crippen molar-refractivity contribution < 1.29 is 9.90 Å². The van der Waals surface area contributed by atoms with Crippen LogP contribution in [0.3, 0.4) is 0 Å². The number of aliphatic hydroxyl groups excluding tert-OH is 1. The van der Waals surface area contributed by atoms with Gasteiger partial charge in [-0.05, 0) is 32.0 Å². The number of rotatable bonds is 5. The molecular formula is C14H16Br2N4O2. The van der Waals surface area contributed by atoms with Crippen LogP contribution in [0.2, 0.25) is 0 Å². The number of amides is 1. The minimum absolute atomic E-state index is 0.0122. The molecule has 0 atom stereocenters. The van der Waals surface area contributed by atoms with Gasteiger partial charge in [-0.2, -0.15) is 0 Å². The lowest BCUT2D eigenvalue weighted by atomic mass is 10.0. The number of aromatic nitrogens is 3. The molecule has 0 aliphatic carbocycles. The van der Waals surface area contributed by atoms with E-state index in [0.717, 1.165) is 8.95 Å². The molecule has 0 fully saturated rings. The van der Waals surface area contributed by atoms with E-state index in [9.17, 15) is 4.79 Å². The van der Waals surface area contributed by atoms with Gasteiger partial charge in [-0.3, -0.25) is 4.79 Å². The molecule has 8 heteroatoms. The highest BCUT2D eigenvalue weighted by atomic mass is 79.9. The zero-order chi connectivity index (χ0) is 16.3. The standard InChI is InChI=1S/C14H16Br2N4O2/c1-14(2,12-8-20(3-4-21)19-18-12)17-13(22)9-5-10(15)7-11(16)6-9/h5-8,21H,3-4H2,1-2H3,(H,17,22). The molecule has 1 amide bonds. The number of carbonyl (C=O) groups excluding carboxylic acids is 1. The highest BCUT2D eigenvalue weighted by Gasteiger charge is 2.27. The van der Waals surface area contributed by atoms with E-state index in [-0.39, 0.29) is 12.5 Å². The van der Waals surface area contributed by atoms with Gasteiger partial charge < -0.3 is 10.4 Å². The number of carbonyl (C=O) groups is 1. The molecule has 0 spiro atoms. The first-order chi connectivity index (χ1) is 10.3. The second-order valence-corrected chi connectivity index (χ2v) is 7.16. The Hall–Kier alpha value is -1.25. The Bertz CT molecular complexity index is 665. The summed E-state index contributed by atoms with van der Waals surface area (Å²) in [6.45, 7) is 4.06. The number of nitrogens with one attached hydrogen (secondary N) is 1. The van der Waals surface area contributed by atoms with E-state index in [4.69, 9.17) is 5.11 Å². The lowest BCUT2D eigenvalue weighted by Crippen LogP contribution is -2.41. The number of halogens is 2. The van der Waals surface area contributed by atoms with Crippen molar-refractivity contribution >= 4 is 37.8 Å². The van der Waals surface area contributed by atoms with Crippen LogP contribution in [0.1, 0.15) is 29.9 Å². The molecule has 2 N–H and O–H groups in total. The second kappa shape index (κ2) is 6.89. The maximum Gasteiger partial charge on any atom is 0.252 e. The second-order valence-electron chi connectivity index (χ2n) is 5.33. The maximum atomic E-state index is 12.4. The third kappa shape index (κ3) is 4.15. The normalized spacial score (nSPS) is 11.5. The number of nitrogens with zero attached hydrogens (tertiary/aromatic N) is 3. The van der Waals surface area contributed by atoms with Crippen LogP contribution in [0.15, 0.2) is 33.3 Å². The van der Waals surface area contributed by atoms with Crippen molar-refractivity contribution in [2.75, 3.05) is 6.61 Å². The SMILES string of the molecule is CC(C)(NC(=O)c1cc(Br)cc(Br)c1)c1cn(CCO)nn1. The number of hydrogen-bond donors (Lipinski definition) is 2. The van der Waals surface area contributed by atoms with Gasteiger partial charge in [0.15, 0.2) is 0 Å². The summed E-state index contributed by atoms with van der Waals surface area (Å²) in [6.07, 6.45) is 1.72. The number of benzene rings is 1. The fraction of sp³-hybridized carbons (Fsp3) is 0.357. The number of aliphatic hydroxyl groups is 1. The predicted molar refractivity (Wildman–Crippen MR) is 89.4 cm³/mol. The molecule has 1 aromatic carbocycles. The fourth-order valence-electron chi connectivity index (χ4n) is 1.90. The summed E-state index contributed by atoms with van der Waals surface area (Å²) in [5.41, 5.74) is 0.486. The van der Waals surface area contributed by atoms with Gasteiger partial charge in [-0.15, -0.1) is 5.10 Å². The Morgan fingerprint density at radius 2 is 1.95 bits per heavy atom. The first-order valence-electron chi connectivity index (χ1n) is 6.62. The van der Waals surface area contributed by atoms with Crippen LogP contribution in [-0.2, 0) is 12.1 Å². The molecule has 0 saturated heterocycles. The summed E-state index contributed by atoms with van der Waals surface area (Å²) in [4.78, 5) is 12.4. The van der Waals surface area contributed by atoms with E-state index >= 15 is 0 Å². The van der Waals surface area contributed by atoms with Gasteiger partial charge in [0, 0.05) is 14.5 Å². The Balaban J connectivity index is 2.17. The maximum absolute atomic E-state index is 12.4. The Morgan fingerprint density at radius 1 is 1.32 bits per heavy atom. The average molecular weight is 432 g/mol. The van der Waals surface area contributed by atoms with Crippen LogP contribution >= 0.6 is 31.9 Å². The van der Waals surface area contributed by atoms with Crippen LogP contribution in [0.5, 0.6) is 0 Å². The first-order valence-corrected chi connectivity index (χ1v) is 8.20. The van der Waals surface area contributed by atoms with E-state index in [1.54, 1.807) is 23.0 Å². The highest BCUT2D eigenvalue weighted by Crippen LogP contribution is 2.22. The molecule has 118 valence electrons. The van der Waals surface area contributed by atoms with Gasteiger partial charge in [0.25, 0.3) is 5.91 Å². The van der Waals surface area contributed by atoms with Crippen molar-refractivity contribution in [2.24, 2.45) is 0 Å². The molecule has 6 nitrogen and oxygen atoms in total. The smallest absolute Gasteiger partial charge is 0.252 e. The van der Waals surface area contributed by atoms with Gasteiger partial charge in [-0.25, -0.2) is 4.68 Å². The lowest BCUT2D eigenvalue weighted by molar-refractivity contribution is 0.0910. The van der Waals surface area contributed by atoms with E-state index in [2.05, 4.69) is 47.5 Å². The minimum Gasteiger partial charge on any atom is -0.394 e. The largest absolute Gasteiger partial charge is 0.394 e. The topological polar surface area (TPSA) is 80.0 Å². The molecule has 1 aromatic heterocycles. The summed E-state index contributed by atoms with van der Waals surface area (Å²) >= 11 is 6.73. The van der Waals surface area contributed by atoms with Gasteiger partial charge in [-0.1, -0.05) is 37.1 Å². The fourth-order valence-corrected chi connectivity index (χ4v) is 3.20. The summed E-state index contributed by atoms with van der Waals surface area (Å²) in [6, 6.07) is 5.36. The summed E-state index contributed by atoms with van der Waals surface area (Å²) in [5, 5.41) is 19.8. The molecule has 0 unspecified atom stereocenters. The van der Waals surface area contributed by atoms with E-state index in [1.165, 1.54) is 0 Å². The van der Waals surface area contributed by atoms with E-state index in [1.807, 2.05) is 19.9 Å². The van der Waals surface area contributed by atoms with Gasteiger partial charge >= 0.3 is 0 Å². The van der Waals surface area contributed by atoms with E-state index < -0.39 is 5.54 Å². The zero-order valence-electron chi connectivity index (χ0n) is 12.2. The predicted octanol–water partition coefficient (Wildman–Crippen LogP) is 2.46. The van der Waals surface area contributed by atoms with Crippen LogP contribution in [0, 0.1) is 0 Å². The molecule has 0 radical (unpaired) electrons. The van der Waals surface area contributed by atoms with Crippen molar-refractivity contribution in [1.29, 1.82) is 0 Å². The molecule has 1 heterocycles. The zero-order valence-corrected chi connectivity index (χ0v) is 15.3. The van der Waals surface area contributed by atoms with E-state index in [0.29, 0.717) is 17.8 Å². The van der Waals surface area contributed by atoms with Gasteiger partial charge in [0.1, 0.15) is 5.69 Å². The third-order valence-corrected chi connectivity index (χ3v) is 3.97. The van der Waals surface area contributed by atoms with Crippen molar-refractivity contribution in [3.8, 4) is 0 Å². The highest BCUT2D eigenvalue weighted by molar-refractivity contribution is 9.11. The summed E-state index contributed by atoms with van der Waals surface area (Å²) in [7, 11) is 0. The lowest BCUT2D eigenvalue weighted by Gasteiger charge is -2.23. The van der Waals surface area contributed by atoms with Crippen LogP contribution in [-0.4, -0.2) is 32.6 Å². The third-order valence-electron chi connectivity index (χ3n) is 3.06. The van der Waals surface area contributed by atoms with Crippen molar-refractivity contribution in [3.05, 3.63) is 44.6 Å². The van der Waals surface area contributed by atoms with Crippen molar-refractivity contribution in [1.82, 2.24) is 20.3 Å². The monoisotopic (exact) mass is 430 g/mol. The summed E-state index contributed by atoms with van der Waals surface area (Å²) in [5.74, 6) is -0.205. The van der Waals surface area contributed by atoms with Gasteiger partial charge in [0.05, 0.1) is 24.9 Å².